The third-order valence-electron chi connectivity index (χ3n) is 6.24. The van der Waals surface area contributed by atoms with Gasteiger partial charge in [-0.25, -0.2) is 0 Å². The number of likely N-dealkylation sites (tertiary alicyclic amines) is 1. The van der Waals surface area contributed by atoms with Gasteiger partial charge in [0.2, 0.25) is 0 Å². The predicted octanol–water partition coefficient (Wildman–Crippen LogP) is 4.24. The summed E-state index contributed by atoms with van der Waals surface area (Å²) in [5.74, 6) is -0.481. The molecule has 0 radical (unpaired) electrons. The summed E-state index contributed by atoms with van der Waals surface area (Å²) in [5, 5.41) is 11.2. The van der Waals surface area contributed by atoms with Crippen molar-refractivity contribution >= 4 is 17.4 Å². The van der Waals surface area contributed by atoms with E-state index in [0.29, 0.717) is 35.7 Å². The van der Waals surface area contributed by atoms with Crippen LogP contribution in [0.5, 0.6) is 11.5 Å². The van der Waals surface area contributed by atoms with E-state index in [1.807, 2.05) is 6.07 Å². The molecule has 0 spiro atoms. The third-order valence-corrected chi connectivity index (χ3v) is 6.24. The lowest BCUT2D eigenvalue weighted by Gasteiger charge is -2.33. The van der Waals surface area contributed by atoms with E-state index in [1.165, 1.54) is 7.11 Å². The summed E-state index contributed by atoms with van der Waals surface area (Å²) in [4.78, 5) is 30.3. The molecule has 0 saturated carbocycles. The molecule has 7 heteroatoms. The van der Waals surface area contributed by atoms with Crippen molar-refractivity contribution in [3.05, 3.63) is 65.2 Å². The molecule has 1 unspecified atom stereocenters. The highest BCUT2D eigenvalue weighted by atomic mass is 16.5. The van der Waals surface area contributed by atoms with Crippen LogP contribution < -0.4 is 9.47 Å². The van der Waals surface area contributed by atoms with Crippen molar-refractivity contribution in [1.82, 2.24) is 9.80 Å². The van der Waals surface area contributed by atoms with E-state index in [-0.39, 0.29) is 23.4 Å². The lowest BCUT2D eigenvalue weighted by Crippen LogP contribution is -2.43. The standard InChI is InChI=1S/C27H34N2O5/c1-17(2)28(18(3)4)14-15-29-24(20-12-13-21(33-5)22(16-20)34-6)23(26(31)27(29)32)25(30)19-10-8-7-9-11-19/h7-13,16-18,24,30H,14-15H2,1-6H3/b25-23-. The smallest absolute Gasteiger partial charge is 0.295 e. The zero-order valence-corrected chi connectivity index (χ0v) is 20.7. The molecule has 3 rings (SSSR count). The third kappa shape index (κ3) is 4.94. The van der Waals surface area contributed by atoms with Crippen LogP contribution in [-0.2, 0) is 9.59 Å². The number of aliphatic hydroxyl groups is 1. The maximum absolute atomic E-state index is 13.2. The van der Waals surface area contributed by atoms with Gasteiger partial charge in [-0.3, -0.25) is 14.5 Å². The average molecular weight is 467 g/mol. The van der Waals surface area contributed by atoms with Gasteiger partial charge in [-0.15, -0.1) is 0 Å². The monoisotopic (exact) mass is 466 g/mol. The Morgan fingerprint density at radius 3 is 2.15 bits per heavy atom. The SMILES string of the molecule is COc1ccc(C2/C(=C(/O)c3ccccc3)C(=O)C(=O)N2CCN(C(C)C)C(C)C)cc1OC. The van der Waals surface area contributed by atoms with Crippen LogP contribution in [0.2, 0.25) is 0 Å². The Balaban J connectivity index is 2.13. The van der Waals surface area contributed by atoms with Crippen molar-refractivity contribution in [3.8, 4) is 11.5 Å². The molecule has 1 amide bonds. The molecule has 2 aromatic rings. The van der Waals surface area contributed by atoms with Crippen molar-refractivity contribution in [3.63, 3.8) is 0 Å². The number of Topliss-reactive ketones (excluding diaryl/α,β-unsaturated/α-hetero) is 1. The molecular weight excluding hydrogens is 432 g/mol. The Bertz CT molecular complexity index is 1050. The molecule has 0 bridgehead atoms. The van der Waals surface area contributed by atoms with Crippen molar-refractivity contribution < 1.29 is 24.2 Å². The highest BCUT2D eigenvalue weighted by Gasteiger charge is 2.46. The number of carbonyl (C=O) groups is 2. The number of carbonyl (C=O) groups excluding carboxylic acids is 2. The van der Waals surface area contributed by atoms with Crippen LogP contribution in [0.15, 0.2) is 54.1 Å². The minimum absolute atomic E-state index is 0.0732. The van der Waals surface area contributed by atoms with Crippen LogP contribution in [0.3, 0.4) is 0 Å². The first-order valence-electron chi connectivity index (χ1n) is 11.5. The number of methoxy groups -OCH3 is 2. The number of aliphatic hydroxyl groups excluding tert-OH is 1. The van der Waals surface area contributed by atoms with Crippen molar-refractivity contribution in [1.29, 1.82) is 0 Å². The van der Waals surface area contributed by atoms with E-state index >= 15 is 0 Å². The molecular formula is C27H34N2O5. The lowest BCUT2D eigenvalue weighted by molar-refractivity contribution is -0.140. The van der Waals surface area contributed by atoms with E-state index in [4.69, 9.17) is 9.47 Å². The van der Waals surface area contributed by atoms with Gasteiger partial charge in [0.1, 0.15) is 5.76 Å². The van der Waals surface area contributed by atoms with Gasteiger partial charge in [0.05, 0.1) is 25.8 Å². The number of ketones is 1. The molecule has 182 valence electrons. The van der Waals surface area contributed by atoms with E-state index in [1.54, 1.807) is 54.5 Å². The number of benzene rings is 2. The van der Waals surface area contributed by atoms with Gasteiger partial charge >= 0.3 is 0 Å². The molecule has 1 aliphatic rings. The fraction of sp³-hybridized carbons (Fsp3) is 0.407. The Hall–Kier alpha value is -3.32. The quantitative estimate of drug-likeness (QED) is 0.338. The van der Waals surface area contributed by atoms with Crippen LogP contribution in [0.25, 0.3) is 5.76 Å². The second kappa shape index (κ2) is 10.7. The number of ether oxygens (including phenoxy) is 2. The predicted molar refractivity (Wildman–Crippen MR) is 132 cm³/mol. The largest absolute Gasteiger partial charge is 0.507 e. The number of hydrogen-bond acceptors (Lipinski definition) is 6. The summed E-state index contributed by atoms with van der Waals surface area (Å²) in [6.45, 7) is 9.36. The molecule has 1 aliphatic heterocycles. The van der Waals surface area contributed by atoms with Crippen LogP contribution in [0.4, 0.5) is 0 Å². The maximum Gasteiger partial charge on any atom is 0.295 e. The highest BCUT2D eigenvalue weighted by Crippen LogP contribution is 2.41. The van der Waals surface area contributed by atoms with Gasteiger partial charge in [-0.1, -0.05) is 36.4 Å². The van der Waals surface area contributed by atoms with Crippen molar-refractivity contribution in [2.75, 3.05) is 27.3 Å². The van der Waals surface area contributed by atoms with Gasteiger partial charge in [0.15, 0.2) is 11.5 Å². The van der Waals surface area contributed by atoms with Crippen LogP contribution in [0, 0.1) is 0 Å². The summed E-state index contributed by atoms with van der Waals surface area (Å²) in [6, 6.07) is 13.9. The fourth-order valence-corrected chi connectivity index (χ4v) is 4.57. The molecule has 1 atom stereocenters. The average Bonchev–Trinajstić information content (AvgIpc) is 3.08. The molecule has 34 heavy (non-hydrogen) atoms. The zero-order chi connectivity index (χ0) is 25.0. The number of rotatable bonds is 9. The minimum atomic E-state index is -0.749. The molecule has 1 N–H and O–H groups in total. The number of hydrogen-bond donors (Lipinski definition) is 1. The summed E-state index contributed by atoms with van der Waals surface area (Å²) in [6.07, 6.45) is 0. The lowest BCUT2D eigenvalue weighted by atomic mass is 9.95. The van der Waals surface area contributed by atoms with Gasteiger partial charge in [0, 0.05) is 30.7 Å². The van der Waals surface area contributed by atoms with Crippen molar-refractivity contribution in [2.45, 2.75) is 45.8 Å². The van der Waals surface area contributed by atoms with E-state index in [0.717, 1.165) is 0 Å². The molecule has 2 aromatic carbocycles. The van der Waals surface area contributed by atoms with Gasteiger partial charge in [-0.2, -0.15) is 0 Å². The molecule has 7 nitrogen and oxygen atoms in total. The first-order chi connectivity index (χ1) is 16.2. The minimum Gasteiger partial charge on any atom is -0.507 e. The van der Waals surface area contributed by atoms with Crippen LogP contribution >= 0.6 is 0 Å². The normalized spacial score (nSPS) is 17.8. The Kier molecular flexibility index (Phi) is 7.99. The van der Waals surface area contributed by atoms with Gasteiger partial charge < -0.3 is 19.5 Å². The van der Waals surface area contributed by atoms with E-state index < -0.39 is 17.7 Å². The fourth-order valence-electron chi connectivity index (χ4n) is 4.57. The highest BCUT2D eigenvalue weighted by molar-refractivity contribution is 6.46. The first kappa shape index (κ1) is 25.3. The van der Waals surface area contributed by atoms with Gasteiger partial charge in [0.25, 0.3) is 11.7 Å². The Morgan fingerprint density at radius 1 is 0.971 bits per heavy atom. The second-order valence-corrected chi connectivity index (χ2v) is 8.90. The molecule has 1 heterocycles. The zero-order valence-electron chi connectivity index (χ0n) is 20.7. The summed E-state index contributed by atoms with van der Waals surface area (Å²) < 4.78 is 10.8. The van der Waals surface area contributed by atoms with Crippen LogP contribution in [0.1, 0.15) is 44.9 Å². The molecule has 0 aromatic heterocycles. The summed E-state index contributed by atoms with van der Waals surface area (Å²) >= 11 is 0. The van der Waals surface area contributed by atoms with Crippen molar-refractivity contribution in [2.24, 2.45) is 0 Å². The molecule has 1 saturated heterocycles. The van der Waals surface area contributed by atoms with Crippen LogP contribution in [-0.4, -0.2) is 66.0 Å². The topological polar surface area (TPSA) is 79.3 Å². The molecule has 1 fully saturated rings. The summed E-state index contributed by atoms with van der Waals surface area (Å²) in [7, 11) is 3.08. The van der Waals surface area contributed by atoms with Gasteiger partial charge in [-0.05, 0) is 45.4 Å². The Labute approximate surface area is 201 Å². The maximum atomic E-state index is 13.2. The second-order valence-electron chi connectivity index (χ2n) is 8.90. The summed E-state index contributed by atoms with van der Waals surface area (Å²) in [5.41, 5.74) is 1.22. The van der Waals surface area contributed by atoms with E-state index in [2.05, 4.69) is 32.6 Å². The number of nitrogens with zero attached hydrogens (tertiary/aromatic N) is 2. The molecule has 0 aliphatic carbocycles. The number of amides is 1. The Morgan fingerprint density at radius 2 is 1.59 bits per heavy atom. The first-order valence-corrected chi connectivity index (χ1v) is 11.5. The van der Waals surface area contributed by atoms with E-state index in [9.17, 15) is 14.7 Å².